The summed E-state index contributed by atoms with van der Waals surface area (Å²) in [6.45, 7) is 10.8. The first kappa shape index (κ1) is 22.8. The van der Waals surface area contributed by atoms with Gasteiger partial charge in [0.15, 0.2) is 13.1 Å². The van der Waals surface area contributed by atoms with E-state index in [4.69, 9.17) is 9.47 Å². The molecular weight excluding hydrogens is 346 g/mol. The second-order valence-corrected chi connectivity index (χ2v) is 7.65. The summed E-state index contributed by atoms with van der Waals surface area (Å²) in [6, 6.07) is 5.24. The second-order valence-electron chi connectivity index (χ2n) is 7.65. The molecule has 2 atom stereocenters. The summed E-state index contributed by atoms with van der Waals surface area (Å²) >= 11 is 0. The number of ether oxygens (including phenoxy) is 2. The number of carbonyl (C=O) groups excluding carboxylic acids is 2. The standard InChI is InChI=1S/C20H33N3O4/c1-8-23(13-19(25)22-20(3,4)5)12-18(24)21-14(2)16-11-15(26-6)9-10-17(16)27-7/h9-11,14H,8,12-13H2,1-7H3,(H,21,24)(H,22,25)/p+1/t14-/m1/s1. The molecule has 0 radical (unpaired) electrons. The molecule has 1 aromatic rings. The lowest BCUT2D eigenvalue weighted by Crippen LogP contribution is -3.14. The van der Waals surface area contributed by atoms with Gasteiger partial charge in [-0.05, 0) is 52.8 Å². The van der Waals surface area contributed by atoms with Crippen LogP contribution in [0.15, 0.2) is 18.2 Å². The van der Waals surface area contributed by atoms with Crippen LogP contribution in [0.2, 0.25) is 0 Å². The lowest BCUT2D eigenvalue weighted by Gasteiger charge is -2.23. The van der Waals surface area contributed by atoms with E-state index in [1.807, 2.05) is 52.8 Å². The maximum atomic E-state index is 12.5. The van der Waals surface area contributed by atoms with Crippen molar-refractivity contribution in [2.75, 3.05) is 33.9 Å². The normalized spacial score (nSPS) is 13.4. The Bertz CT molecular complexity index is 641. The molecule has 0 saturated heterocycles. The van der Waals surface area contributed by atoms with E-state index in [1.54, 1.807) is 14.2 Å². The van der Waals surface area contributed by atoms with E-state index in [-0.39, 0.29) is 36.5 Å². The zero-order chi connectivity index (χ0) is 20.6. The van der Waals surface area contributed by atoms with Crippen LogP contribution in [-0.4, -0.2) is 51.2 Å². The maximum Gasteiger partial charge on any atom is 0.275 e. The Labute approximate surface area is 162 Å². The van der Waals surface area contributed by atoms with Crippen molar-refractivity contribution in [3.8, 4) is 11.5 Å². The third kappa shape index (κ3) is 7.86. The van der Waals surface area contributed by atoms with Crippen LogP contribution < -0.4 is 25.0 Å². The molecule has 0 spiro atoms. The monoisotopic (exact) mass is 380 g/mol. The van der Waals surface area contributed by atoms with Crippen LogP contribution in [0.25, 0.3) is 0 Å². The number of methoxy groups -OCH3 is 2. The van der Waals surface area contributed by atoms with Crippen LogP contribution in [0.1, 0.15) is 46.2 Å². The predicted octanol–water partition coefficient (Wildman–Crippen LogP) is 0.701. The molecule has 152 valence electrons. The Kier molecular flexibility index (Phi) is 8.56. The van der Waals surface area contributed by atoms with Gasteiger partial charge in [-0.2, -0.15) is 0 Å². The molecule has 1 rings (SSSR count). The third-order valence-electron chi connectivity index (χ3n) is 4.12. The van der Waals surface area contributed by atoms with E-state index in [9.17, 15) is 9.59 Å². The minimum Gasteiger partial charge on any atom is -0.497 e. The molecule has 0 bridgehead atoms. The van der Waals surface area contributed by atoms with Gasteiger partial charge in [0.2, 0.25) is 0 Å². The highest BCUT2D eigenvalue weighted by atomic mass is 16.5. The van der Waals surface area contributed by atoms with Crippen LogP contribution in [0, 0.1) is 0 Å². The maximum absolute atomic E-state index is 12.5. The van der Waals surface area contributed by atoms with Crippen molar-refractivity contribution in [1.82, 2.24) is 10.6 Å². The van der Waals surface area contributed by atoms with Crippen molar-refractivity contribution in [1.29, 1.82) is 0 Å². The minimum absolute atomic E-state index is 0.0605. The molecule has 0 saturated carbocycles. The summed E-state index contributed by atoms with van der Waals surface area (Å²) in [5.41, 5.74) is 0.559. The molecule has 0 fully saturated rings. The molecule has 0 aromatic heterocycles. The summed E-state index contributed by atoms with van der Waals surface area (Å²) < 4.78 is 10.6. The second kappa shape index (κ2) is 10.2. The number of amides is 2. The number of likely N-dealkylation sites (N-methyl/N-ethyl adjacent to an activating group) is 1. The Balaban J connectivity index is 2.70. The summed E-state index contributed by atoms with van der Waals surface area (Å²) in [7, 11) is 3.19. The average molecular weight is 381 g/mol. The summed E-state index contributed by atoms with van der Waals surface area (Å²) in [6.07, 6.45) is 0. The number of quaternary nitrogens is 1. The van der Waals surface area contributed by atoms with Gasteiger partial charge in [-0.15, -0.1) is 0 Å². The number of hydrogen-bond donors (Lipinski definition) is 3. The fourth-order valence-corrected chi connectivity index (χ4v) is 2.78. The summed E-state index contributed by atoms with van der Waals surface area (Å²) in [4.78, 5) is 25.5. The first-order valence-corrected chi connectivity index (χ1v) is 9.25. The average Bonchev–Trinajstić information content (AvgIpc) is 2.58. The highest BCUT2D eigenvalue weighted by Gasteiger charge is 2.22. The molecule has 1 aromatic carbocycles. The molecule has 2 amide bonds. The van der Waals surface area contributed by atoms with Crippen molar-refractivity contribution in [3.05, 3.63) is 23.8 Å². The van der Waals surface area contributed by atoms with Crippen molar-refractivity contribution in [2.24, 2.45) is 0 Å². The van der Waals surface area contributed by atoms with Crippen LogP contribution in [0.5, 0.6) is 11.5 Å². The van der Waals surface area contributed by atoms with Crippen LogP contribution in [0.4, 0.5) is 0 Å². The van der Waals surface area contributed by atoms with Gasteiger partial charge in [0, 0.05) is 11.1 Å². The lowest BCUT2D eigenvalue weighted by molar-refractivity contribution is -0.881. The SMILES string of the molecule is CC[NH+](CC(=O)N[C@H](C)c1cc(OC)ccc1OC)CC(=O)NC(C)(C)C. The Morgan fingerprint density at radius 3 is 2.26 bits per heavy atom. The van der Waals surface area contributed by atoms with Gasteiger partial charge < -0.3 is 25.0 Å². The molecule has 0 aliphatic rings. The van der Waals surface area contributed by atoms with Gasteiger partial charge in [-0.3, -0.25) is 9.59 Å². The molecule has 7 nitrogen and oxygen atoms in total. The van der Waals surface area contributed by atoms with Gasteiger partial charge in [0.1, 0.15) is 11.5 Å². The third-order valence-corrected chi connectivity index (χ3v) is 4.12. The van der Waals surface area contributed by atoms with E-state index in [1.165, 1.54) is 0 Å². The first-order valence-electron chi connectivity index (χ1n) is 9.25. The minimum atomic E-state index is -0.282. The van der Waals surface area contributed by atoms with Crippen molar-refractivity contribution >= 4 is 11.8 Å². The van der Waals surface area contributed by atoms with Crippen molar-refractivity contribution < 1.29 is 24.0 Å². The molecule has 27 heavy (non-hydrogen) atoms. The van der Waals surface area contributed by atoms with E-state index < -0.39 is 0 Å². The smallest absolute Gasteiger partial charge is 0.275 e. The highest BCUT2D eigenvalue weighted by molar-refractivity contribution is 5.79. The molecule has 7 heteroatoms. The number of hydrogen-bond acceptors (Lipinski definition) is 4. The van der Waals surface area contributed by atoms with Gasteiger partial charge in [-0.1, -0.05) is 0 Å². The Morgan fingerprint density at radius 1 is 1.11 bits per heavy atom. The topological polar surface area (TPSA) is 81.1 Å². The molecule has 1 unspecified atom stereocenters. The van der Waals surface area contributed by atoms with Gasteiger partial charge >= 0.3 is 0 Å². The first-order chi connectivity index (χ1) is 12.6. The zero-order valence-corrected chi connectivity index (χ0v) is 17.6. The molecule has 3 N–H and O–H groups in total. The fraction of sp³-hybridized carbons (Fsp3) is 0.600. The van der Waals surface area contributed by atoms with E-state index in [0.717, 1.165) is 10.5 Å². The predicted molar refractivity (Wildman–Crippen MR) is 105 cm³/mol. The quantitative estimate of drug-likeness (QED) is 0.589. The summed E-state index contributed by atoms with van der Waals surface area (Å²) in [5.74, 6) is 1.21. The zero-order valence-electron chi connectivity index (χ0n) is 17.6. The van der Waals surface area contributed by atoms with Crippen LogP contribution >= 0.6 is 0 Å². The van der Waals surface area contributed by atoms with E-state index in [0.29, 0.717) is 18.0 Å². The fourth-order valence-electron chi connectivity index (χ4n) is 2.78. The van der Waals surface area contributed by atoms with Gasteiger partial charge in [0.05, 0.1) is 26.8 Å². The number of benzene rings is 1. The largest absolute Gasteiger partial charge is 0.497 e. The Hall–Kier alpha value is -2.28. The molecule has 0 aliphatic carbocycles. The lowest BCUT2D eigenvalue weighted by atomic mass is 10.1. The number of carbonyl (C=O) groups is 2. The van der Waals surface area contributed by atoms with Crippen molar-refractivity contribution in [3.63, 3.8) is 0 Å². The highest BCUT2D eigenvalue weighted by Crippen LogP contribution is 2.29. The van der Waals surface area contributed by atoms with E-state index in [2.05, 4.69) is 10.6 Å². The number of nitrogens with one attached hydrogen (secondary N) is 3. The van der Waals surface area contributed by atoms with Crippen LogP contribution in [-0.2, 0) is 9.59 Å². The van der Waals surface area contributed by atoms with Gasteiger partial charge in [-0.25, -0.2) is 0 Å². The number of rotatable bonds is 9. The van der Waals surface area contributed by atoms with Crippen molar-refractivity contribution in [2.45, 2.75) is 46.2 Å². The van der Waals surface area contributed by atoms with Gasteiger partial charge in [0.25, 0.3) is 11.8 Å². The molecule has 0 heterocycles. The van der Waals surface area contributed by atoms with E-state index >= 15 is 0 Å². The molecule has 0 aliphatic heterocycles. The molecular formula is C20H34N3O4+. The van der Waals surface area contributed by atoms with Crippen LogP contribution in [0.3, 0.4) is 0 Å². The Morgan fingerprint density at radius 2 is 1.74 bits per heavy atom. The summed E-state index contributed by atoms with van der Waals surface area (Å²) in [5, 5.41) is 5.91.